The first-order chi connectivity index (χ1) is 12.1. The Labute approximate surface area is 156 Å². The third kappa shape index (κ3) is 4.16. The number of nitrogens with one attached hydrogen (secondary N) is 1. The summed E-state index contributed by atoms with van der Waals surface area (Å²) < 4.78 is 49.6. The van der Waals surface area contributed by atoms with Crippen LogP contribution in [0.1, 0.15) is 11.4 Å². The monoisotopic (exact) mass is 411 g/mol. The van der Waals surface area contributed by atoms with Gasteiger partial charge in [0.2, 0.25) is 5.91 Å². The first-order valence-corrected chi connectivity index (χ1v) is 7.85. The van der Waals surface area contributed by atoms with E-state index in [0.717, 1.165) is 4.68 Å². The van der Waals surface area contributed by atoms with Gasteiger partial charge in [0.25, 0.3) is 0 Å². The maximum absolute atomic E-state index is 12.8. The van der Waals surface area contributed by atoms with E-state index >= 15 is 0 Å². The van der Waals surface area contributed by atoms with Crippen LogP contribution in [-0.4, -0.2) is 29.9 Å². The molecule has 0 spiro atoms. The number of aromatic nitrogens is 2. The molecule has 142 valence electrons. The summed E-state index contributed by atoms with van der Waals surface area (Å²) in [6.07, 6.45) is -4.71. The number of carbonyl (C=O) groups excluding carboxylic acids is 1. The predicted molar refractivity (Wildman–Crippen MR) is 90.2 cm³/mol. The Kier molecular flexibility index (Phi) is 5.92. The highest BCUT2D eigenvalue weighted by molar-refractivity contribution is 6.32. The van der Waals surface area contributed by atoms with Gasteiger partial charge in [0, 0.05) is 12.1 Å². The van der Waals surface area contributed by atoms with Crippen molar-refractivity contribution in [2.45, 2.75) is 19.6 Å². The number of ether oxygens (including phenoxy) is 2. The molecule has 0 aliphatic carbocycles. The zero-order chi connectivity index (χ0) is 19.6. The minimum atomic E-state index is -4.71. The molecular weight excluding hydrogens is 398 g/mol. The molecule has 1 heterocycles. The van der Waals surface area contributed by atoms with Crippen LogP contribution in [0.2, 0.25) is 10.0 Å². The van der Waals surface area contributed by atoms with Gasteiger partial charge >= 0.3 is 6.18 Å². The van der Waals surface area contributed by atoms with E-state index in [-0.39, 0.29) is 22.2 Å². The van der Waals surface area contributed by atoms with E-state index in [9.17, 15) is 18.0 Å². The largest absolute Gasteiger partial charge is 0.495 e. The van der Waals surface area contributed by atoms with Crippen molar-refractivity contribution in [3.8, 4) is 11.5 Å². The fourth-order valence-electron chi connectivity index (χ4n) is 2.14. The first-order valence-electron chi connectivity index (χ1n) is 7.10. The molecule has 0 unspecified atom stereocenters. The zero-order valence-electron chi connectivity index (χ0n) is 13.9. The molecular formula is C15H14Cl2F3N3O3. The highest BCUT2D eigenvalue weighted by Crippen LogP contribution is 2.37. The van der Waals surface area contributed by atoms with E-state index in [0.29, 0.717) is 5.75 Å². The number of halogens is 5. The van der Waals surface area contributed by atoms with E-state index in [4.69, 9.17) is 32.7 Å². The molecule has 11 heteroatoms. The smallest absolute Gasteiger partial charge is 0.436 e. The molecule has 2 rings (SSSR count). The lowest BCUT2D eigenvalue weighted by Gasteiger charge is -2.13. The number of hydrogen-bond donors (Lipinski definition) is 1. The highest BCUT2D eigenvalue weighted by Gasteiger charge is 2.38. The SMILES string of the molecule is COc1cc(NC(=O)Cn2nc(C(F)(F)F)c(Cl)c2C)c(OC)cc1Cl. The normalized spacial score (nSPS) is 11.4. The number of benzene rings is 1. The standard InChI is InChI=1S/C15H14Cl2F3N3O3/c1-7-13(17)14(15(18,19)20)22-23(7)6-12(24)21-9-5-10(25-2)8(16)4-11(9)26-3/h4-5H,6H2,1-3H3,(H,21,24). The molecule has 2 aromatic rings. The van der Waals surface area contributed by atoms with Crippen molar-refractivity contribution in [3.05, 3.63) is 33.6 Å². The number of anilines is 1. The van der Waals surface area contributed by atoms with Gasteiger partial charge in [0.1, 0.15) is 18.0 Å². The minimum absolute atomic E-state index is 0.0230. The van der Waals surface area contributed by atoms with Gasteiger partial charge in [-0.15, -0.1) is 0 Å². The molecule has 26 heavy (non-hydrogen) atoms. The predicted octanol–water partition coefficient (Wildman–Crippen LogP) is 4.17. The van der Waals surface area contributed by atoms with Gasteiger partial charge in [-0.1, -0.05) is 23.2 Å². The molecule has 0 bridgehead atoms. The molecule has 0 atom stereocenters. The fraction of sp³-hybridized carbons (Fsp3) is 0.333. The maximum atomic E-state index is 12.8. The number of carbonyl (C=O) groups is 1. The summed E-state index contributed by atoms with van der Waals surface area (Å²) in [7, 11) is 2.77. The van der Waals surface area contributed by atoms with Crippen LogP contribution in [0.5, 0.6) is 11.5 Å². The van der Waals surface area contributed by atoms with Crippen LogP contribution >= 0.6 is 23.2 Å². The van der Waals surface area contributed by atoms with E-state index in [2.05, 4.69) is 10.4 Å². The fourth-order valence-corrected chi connectivity index (χ4v) is 2.62. The second-order valence-electron chi connectivity index (χ2n) is 5.14. The molecule has 0 aliphatic rings. The van der Waals surface area contributed by atoms with Gasteiger partial charge in [-0.2, -0.15) is 18.3 Å². The molecule has 0 fully saturated rings. The second-order valence-corrected chi connectivity index (χ2v) is 5.92. The van der Waals surface area contributed by atoms with Crippen molar-refractivity contribution < 1.29 is 27.4 Å². The number of hydrogen-bond acceptors (Lipinski definition) is 4. The van der Waals surface area contributed by atoms with Crippen molar-refractivity contribution >= 4 is 34.8 Å². The summed E-state index contributed by atoms with van der Waals surface area (Å²) in [4.78, 5) is 12.2. The van der Waals surface area contributed by atoms with Crippen molar-refractivity contribution in [1.82, 2.24) is 9.78 Å². The first kappa shape index (κ1) is 20.2. The lowest BCUT2D eigenvalue weighted by Crippen LogP contribution is -2.21. The Morgan fingerprint density at radius 1 is 1.23 bits per heavy atom. The lowest BCUT2D eigenvalue weighted by molar-refractivity contribution is -0.141. The van der Waals surface area contributed by atoms with Crippen LogP contribution in [0, 0.1) is 6.92 Å². The van der Waals surface area contributed by atoms with Crippen molar-refractivity contribution in [3.63, 3.8) is 0 Å². The Hall–Kier alpha value is -2.13. The third-order valence-corrected chi connectivity index (χ3v) is 4.19. The average molecular weight is 412 g/mol. The third-order valence-electron chi connectivity index (χ3n) is 3.44. The minimum Gasteiger partial charge on any atom is -0.495 e. The van der Waals surface area contributed by atoms with Gasteiger partial charge in [0.15, 0.2) is 5.69 Å². The van der Waals surface area contributed by atoms with Crippen LogP contribution in [-0.2, 0) is 17.5 Å². The van der Waals surface area contributed by atoms with Crippen LogP contribution in [0.25, 0.3) is 0 Å². The maximum Gasteiger partial charge on any atom is 0.436 e. The number of alkyl halides is 3. The summed E-state index contributed by atoms with van der Waals surface area (Å²) in [6, 6.07) is 2.87. The summed E-state index contributed by atoms with van der Waals surface area (Å²) >= 11 is 11.6. The highest BCUT2D eigenvalue weighted by atomic mass is 35.5. The van der Waals surface area contributed by atoms with E-state index in [1.807, 2.05) is 0 Å². The number of nitrogens with zero attached hydrogens (tertiary/aromatic N) is 2. The van der Waals surface area contributed by atoms with E-state index < -0.39 is 29.3 Å². The van der Waals surface area contributed by atoms with Crippen LogP contribution in [0.15, 0.2) is 12.1 Å². The average Bonchev–Trinajstić information content (AvgIpc) is 2.84. The molecule has 0 aliphatic heterocycles. The van der Waals surface area contributed by atoms with Gasteiger partial charge in [0.05, 0.1) is 35.6 Å². The van der Waals surface area contributed by atoms with Crippen LogP contribution in [0.3, 0.4) is 0 Å². The van der Waals surface area contributed by atoms with Crippen LogP contribution < -0.4 is 14.8 Å². The topological polar surface area (TPSA) is 65.4 Å². The molecule has 0 saturated heterocycles. The van der Waals surface area contributed by atoms with Gasteiger partial charge in [-0.25, -0.2) is 0 Å². The lowest BCUT2D eigenvalue weighted by atomic mass is 10.2. The summed E-state index contributed by atoms with van der Waals surface area (Å²) in [5, 5.41) is 5.62. The summed E-state index contributed by atoms with van der Waals surface area (Å²) in [5.41, 5.74) is -0.976. The molecule has 1 N–H and O–H groups in total. The van der Waals surface area contributed by atoms with Crippen molar-refractivity contribution in [2.24, 2.45) is 0 Å². The Bertz CT molecular complexity index is 838. The van der Waals surface area contributed by atoms with E-state index in [1.54, 1.807) is 0 Å². The number of rotatable bonds is 5. The zero-order valence-corrected chi connectivity index (χ0v) is 15.4. The molecule has 1 aromatic heterocycles. The quantitative estimate of drug-likeness (QED) is 0.801. The number of amides is 1. The second kappa shape index (κ2) is 7.63. The molecule has 0 radical (unpaired) electrons. The molecule has 6 nitrogen and oxygen atoms in total. The Balaban J connectivity index is 2.25. The summed E-state index contributed by atoms with van der Waals surface area (Å²) in [5.74, 6) is -0.0838. The Morgan fingerprint density at radius 3 is 2.35 bits per heavy atom. The van der Waals surface area contributed by atoms with Crippen LogP contribution in [0.4, 0.5) is 18.9 Å². The van der Waals surface area contributed by atoms with Crippen molar-refractivity contribution in [2.75, 3.05) is 19.5 Å². The van der Waals surface area contributed by atoms with E-state index in [1.165, 1.54) is 33.3 Å². The molecule has 1 aromatic carbocycles. The summed E-state index contributed by atoms with van der Waals surface area (Å²) in [6.45, 7) is 0.861. The van der Waals surface area contributed by atoms with Gasteiger partial charge < -0.3 is 14.8 Å². The van der Waals surface area contributed by atoms with Crippen molar-refractivity contribution in [1.29, 1.82) is 0 Å². The molecule has 0 saturated carbocycles. The molecule has 1 amide bonds. The number of methoxy groups -OCH3 is 2. The van der Waals surface area contributed by atoms with Gasteiger partial charge in [-0.3, -0.25) is 9.48 Å². The Morgan fingerprint density at radius 2 is 1.85 bits per heavy atom. The van der Waals surface area contributed by atoms with Gasteiger partial charge in [-0.05, 0) is 6.92 Å².